The normalized spacial score (nSPS) is 18.0. The predicted octanol–water partition coefficient (Wildman–Crippen LogP) is -1.80. The van der Waals surface area contributed by atoms with Crippen LogP contribution < -0.4 is 21.9 Å². The second-order valence-electron chi connectivity index (χ2n) is 5.72. The maximum atomic E-state index is 12.2. The Morgan fingerprint density at radius 3 is 2.38 bits per heavy atom. The number of aryl methyl sites for hydroxylation is 1. The van der Waals surface area contributed by atoms with Crippen LogP contribution in [0, 0.1) is 5.92 Å². The number of rotatable bonds is 4. The van der Waals surface area contributed by atoms with Crippen LogP contribution in [0.15, 0.2) is 9.59 Å². The van der Waals surface area contributed by atoms with Gasteiger partial charge in [0.05, 0.1) is 0 Å². The molecule has 21 heavy (non-hydrogen) atoms. The molecule has 0 amide bonds. The van der Waals surface area contributed by atoms with Crippen LogP contribution in [0.25, 0.3) is 0 Å². The van der Waals surface area contributed by atoms with Gasteiger partial charge in [-0.25, -0.2) is 9.48 Å². The van der Waals surface area contributed by atoms with Gasteiger partial charge in [0, 0.05) is 46.8 Å². The summed E-state index contributed by atoms with van der Waals surface area (Å²) in [5.41, 5.74) is 4.92. The molecule has 1 fully saturated rings. The molecular formula is C13H24N6O2. The van der Waals surface area contributed by atoms with Crippen LogP contribution in [0.1, 0.15) is 6.92 Å². The van der Waals surface area contributed by atoms with Crippen LogP contribution in [0.4, 0.5) is 5.82 Å². The number of hydrogen-bond acceptors (Lipinski definition) is 6. The zero-order valence-electron chi connectivity index (χ0n) is 12.9. The lowest BCUT2D eigenvalue weighted by Crippen LogP contribution is -2.51. The zero-order chi connectivity index (χ0) is 15.6. The van der Waals surface area contributed by atoms with E-state index >= 15 is 0 Å². The van der Waals surface area contributed by atoms with E-state index in [9.17, 15) is 9.59 Å². The predicted molar refractivity (Wildman–Crippen MR) is 81.6 cm³/mol. The van der Waals surface area contributed by atoms with Crippen molar-refractivity contribution in [2.45, 2.75) is 6.92 Å². The first-order valence-electron chi connectivity index (χ1n) is 7.25. The number of anilines is 1. The lowest BCUT2D eigenvalue weighted by atomic mass is 10.1. The van der Waals surface area contributed by atoms with Crippen molar-refractivity contribution in [3.8, 4) is 0 Å². The van der Waals surface area contributed by atoms with Crippen molar-refractivity contribution in [3.63, 3.8) is 0 Å². The first-order valence-corrected chi connectivity index (χ1v) is 7.25. The van der Waals surface area contributed by atoms with E-state index in [1.165, 1.54) is 11.7 Å². The molecule has 0 radical (unpaired) electrons. The van der Waals surface area contributed by atoms with E-state index in [1.54, 1.807) is 7.05 Å². The van der Waals surface area contributed by atoms with Crippen LogP contribution in [-0.4, -0.2) is 58.5 Å². The number of hydrogen-bond donors (Lipinski definition) is 1. The zero-order valence-corrected chi connectivity index (χ0v) is 12.9. The molecule has 8 nitrogen and oxygen atoms in total. The molecule has 1 aromatic heterocycles. The molecule has 1 unspecified atom stereocenters. The van der Waals surface area contributed by atoms with Crippen LogP contribution in [0.5, 0.6) is 0 Å². The summed E-state index contributed by atoms with van der Waals surface area (Å²) in [7, 11) is 3.04. The Balaban J connectivity index is 2.10. The summed E-state index contributed by atoms with van der Waals surface area (Å²) >= 11 is 0. The fourth-order valence-electron chi connectivity index (χ4n) is 2.54. The molecule has 8 heteroatoms. The Hall–Kier alpha value is -1.67. The van der Waals surface area contributed by atoms with Gasteiger partial charge in [-0.1, -0.05) is 6.92 Å². The summed E-state index contributed by atoms with van der Waals surface area (Å²) in [4.78, 5) is 28.1. The van der Waals surface area contributed by atoms with Crippen LogP contribution >= 0.6 is 0 Å². The van der Waals surface area contributed by atoms with Crippen molar-refractivity contribution in [3.05, 3.63) is 20.8 Å². The fraction of sp³-hybridized carbons (Fsp3) is 0.769. The summed E-state index contributed by atoms with van der Waals surface area (Å²) in [5, 5.41) is 4.12. The van der Waals surface area contributed by atoms with Gasteiger partial charge < -0.3 is 10.6 Å². The molecule has 0 spiro atoms. The Bertz CT molecular complexity index is 600. The van der Waals surface area contributed by atoms with Gasteiger partial charge in [0.1, 0.15) is 0 Å². The van der Waals surface area contributed by atoms with Gasteiger partial charge in [-0.05, 0) is 12.5 Å². The highest BCUT2D eigenvalue weighted by Gasteiger charge is 2.22. The molecule has 1 aliphatic rings. The lowest BCUT2D eigenvalue weighted by molar-refractivity contribution is 0.226. The third-order valence-electron chi connectivity index (χ3n) is 3.95. The van der Waals surface area contributed by atoms with E-state index in [1.807, 2.05) is 4.90 Å². The largest absolute Gasteiger partial charge is 0.348 e. The van der Waals surface area contributed by atoms with Crippen molar-refractivity contribution in [1.82, 2.24) is 19.2 Å². The van der Waals surface area contributed by atoms with Gasteiger partial charge in [-0.2, -0.15) is 0 Å². The minimum Gasteiger partial charge on any atom is -0.348 e. The molecule has 0 saturated carbocycles. The smallest absolute Gasteiger partial charge is 0.346 e. The van der Waals surface area contributed by atoms with Gasteiger partial charge in [-0.15, -0.1) is 5.10 Å². The second-order valence-corrected chi connectivity index (χ2v) is 5.72. The third-order valence-corrected chi connectivity index (χ3v) is 3.95. The van der Waals surface area contributed by atoms with E-state index in [2.05, 4.69) is 16.9 Å². The molecule has 0 aromatic carbocycles. The lowest BCUT2D eigenvalue weighted by Gasteiger charge is -2.36. The molecule has 2 N–H and O–H groups in total. The van der Waals surface area contributed by atoms with Crippen molar-refractivity contribution in [2.75, 3.05) is 44.2 Å². The summed E-state index contributed by atoms with van der Waals surface area (Å²) < 4.78 is 2.31. The second kappa shape index (κ2) is 6.40. The molecule has 2 heterocycles. The van der Waals surface area contributed by atoms with Crippen LogP contribution in [0.2, 0.25) is 0 Å². The average Bonchev–Trinajstić information content (AvgIpc) is 2.49. The summed E-state index contributed by atoms with van der Waals surface area (Å²) in [6.07, 6.45) is 0. The van der Waals surface area contributed by atoms with Crippen LogP contribution in [0.3, 0.4) is 0 Å². The van der Waals surface area contributed by atoms with E-state index in [-0.39, 0.29) is 5.56 Å². The highest BCUT2D eigenvalue weighted by Crippen LogP contribution is 2.09. The first kappa shape index (κ1) is 15.7. The minimum atomic E-state index is -0.404. The summed E-state index contributed by atoms with van der Waals surface area (Å²) in [5.74, 6) is 0.825. The van der Waals surface area contributed by atoms with Crippen molar-refractivity contribution in [1.29, 1.82) is 0 Å². The SMILES string of the molecule is CC(CN)CN1CCN(c2nn(C)c(=O)n(C)c2=O)CC1. The molecule has 1 atom stereocenters. The van der Waals surface area contributed by atoms with E-state index in [0.717, 1.165) is 37.3 Å². The third kappa shape index (κ3) is 3.33. The van der Waals surface area contributed by atoms with Crippen LogP contribution in [-0.2, 0) is 14.1 Å². The van der Waals surface area contributed by atoms with Crippen molar-refractivity contribution in [2.24, 2.45) is 25.7 Å². The van der Waals surface area contributed by atoms with E-state index < -0.39 is 5.69 Å². The Kier molecular flexibility index (Phi) is 4.79. The standard InChI is InChI=1S/C13H24N6O2/c1-10(8-14)9-18-4-6-19(7-5-18)11-12(20)16(2)13(21)17(3)15-11/h10H,4-9,14H2,1-3H3. The molecule has 1 aromatic rings. The van der Waals surface area contributed by atoms with E-state index in [0.29, 0.717) is 18.3 Å². The fourth-order valence-corrected chi connectivity index (χ4v) is 2.54. The highest BCUT2D eigenvalue weighted by atomic mass is 16.2. The van der Waals surface area contributed by atoms with Crippen molar-refractivity contribution >= 4 is 5.82 Å². The summed E-state index contributed by atoms with van der Waals surface area (Å²) in [6.45, 7) is 7.01. The van der Waals surface area contributed by atoms with Gasteiger partial charge in [0.2, 0.25) is 5.82 Å². The Morgan fingerprint density at radius 2 is 1.81 bits per heavy atom. The molecule has 0 bridgehead atoms. The Morgan fingerprint density at radius 1 is 1.19 bits per heavy atom. The number of piperazine rings is 1. The monoisotopic (exact) mass is 296 g/mol. The topological polar surface area (TPSA) is 89.4 Å². The number of aromatic nitrogens is 3. The number of nitrogens with two attached hydrogens (primary N) is 1. The molecule has 2 rings (SSSR count). The summed E-state index contributed by atoms with van der Waals surface area (Å²) in [6, 6.07) is 0. The molecular weight excluding hydrogens is 272 g/mol. The maximum Gasteiger partial charge on any atom is 0.346 e. The minimum absolute atomic E-state index is 0.332. The molecule has 118 valence electrons. The van der Waals surface area contributed by atoms with Gasteiger partial charge in [0.25, 0.3) is 5.56 Å². The first-order chi connectivity index (χ1) is 9.93. The maximum absolute atomic E-state index is 12.2. The van der Waals surface area contributed by atoms with Crippen molar-refractivity contribution < 1.29 is 0 Å². The molecule has 1 aliphatic heterocycles. The van der Waals surface area contributed by atoms with Gasteiger partial charge >= 0.3 is 5.69 Å². The molecule has 0 aliphatic carbocycles. The van der Waals surface area contributed by atoms with E-state index in [4.69, 9.17) is 5.73 Å². The quantitative estimate of drug-likeness (QED) is 0.705. The Labute approximate surface area is 123 Å². The highest BCUT2D eigenvalue weighted by molar-refractivity contribution is 5.35. The van der Waals surface area contributed by atoms with Gasteiger partial charge in [-0.3, -0.25) is 14.3 Å². The van der Waals surface area contributed by atoms with Gasteiger partial charge in [0.15, 0.2) is 0 Å². The molecule has 1 saturated heterocycles. The average molecular weight is 296 g/mol. The number of nitrogens with zero attached hydrogens (tertiary/aromatic N) is 5.